The van der Waals surface area contributed by atoms with Gasteiger partial charge in [0.05, 0.1) is 16.6 Å². The molecule has 0 spiro atoms. The zero-order valence-electron chi connectivity index (χ0n) is 13.6. The molecule has 1 N–H and O–H groups in total. The van der Waals surface area contributed by atoms with E-state index in [0.717, 1.165) is 5.69 Å². The summed E-state index contributed by atoms with van der Waals surface area (Å²) in [6.07, 6.45) is 0. The van der Waals surface area contributed by atoms with E-state index in [4.69, 9.17) is 0 Å². The molecule has 26 heavy (non-hydrogen) atoms. The second kappa shape index (κ2) is 6.96. The van der Waals surface area contributed by atoms with E-state index < -0.39 is 5.69 Å². The Hall–Kier alpha value is -3.20. The van der Waals surface area contributed by atoms with Crippen molar-refractivity contribution >= 4 is 22.7 Å². The number of fused-ring (bicyclic) bond motifs is 1. The van der Waals surface area contributed by atoms with Crippen molar-refractivity contribution in [2.45, 2.75) is 11.7 Å². The highest BCUT2D eigenvalue weighted by atomic mass is 32.2. The van der Waals surface area contributed by atoms with E-state index in [-0.39, 0.29) is 12.1 Å². The van der Waals surface area contributed by atoms with Crippen LogP contribution in [0.3, 0.4) is 0 Å². The van der Waals surface area contributed by atoms with Gasteiger partial charge in [-0.1, -0.05) is 42.1 Å². The van der Waals surface area contributed by atoms with E-state index in [2.05, 4.69) is 20.5 Å². The summed E-state index contributed by atoms with van der Waals surface area (Å²) < 4.78 is 2.82. The lowest BCUT2D eigenvalue weighted by atomic mass is 10.2. The lowest BCUT2D eigenvalue weighted by Crippen LogP contribution is -2.35. The van der Waals surface area contributed by atoms with Gasteiger partial charge >= 0.3 is 5.69 Å². The second-order valence-corrected chi connectivity index (χ2v) is 6.55. The average Bonchev–Trinajstić information content (AvgIpc) is 3.13. The van der Waals surface area contributed by atoms with E-state index in [1.54, 1.807) is 28.9 Å². The quantitative estimate of drug-likeness (QED) is 0.537. The summed E-state index contributed by atoms with van der Waals surface area (Å²) in [6, 6.07) is 16.5. The van der Waals surface area contributed by atoms with Gasteiger partial charge in [-0.05, 0) is 34.7 Å². The topological polar surface area (TPSA) is 98.5 Å². The molecule has 2 heterocycles. The number of hydrogen-bond donors (Lipinski definition) is 1. The van der Waals surface area contributed by atoms with Crippen LogP contribution in [0.1, 0.15) is 0 Å². The van der Waals surface area contributed by atoms with Crippen molar-refractivity contribution in [1.82, 2.24) is 29.8 Å². The third-order valence-electron chi connectivity index (χ3n) is 3.88. The predicted molar refractivity (Wildman–Crippen MR) is 98.7 cm³/mol. The largest absolute Gasteiger partial charge is 0.328 e. The smallest absolute Gasteiger partial charge is 0.307 e. The number of thioether (sulfide) groups is 1. The van der Waals surface area contributed by atoms with Gasteiger partial charge in [-0.2, -0.15) is 4.68 Å². The third-order valence-corrected chi connectivity index (χ3v) is 4.78. The molecule has 130 valence electrons. The van der Waals surface area contributed by atoms with Crippen LogP contribution >= 0.6 is 11.8 Å². The second-order valence-electron chi connectivity index (χ2n) is 5.49. The first kappa shape index (κ1) is 16.3. The van der Waals surface area contributed by atoms with Gasteiger partial charge in [0.1, 0.15) is 0 Å². The van der Waals surface area contributed by atoms with E-state index in [1.165, 1.54) is 16.3 Å². The summed E-state index contributed by atoms with van der Waals surface area (Å²) in [5.74, 6) is 0.481. The predicted octanol–water partition coefficient (Wildman–Crippen LogP) is 1.46. The molecule has 9 heteroatoms. The fraction of sp³-hybridized carbons (Fsp3) is 0.118. The number of nitrogens with one attached hydrogen (secondary N) is 1. The molecule has 0 aliphatic heterocycles. The lowest BCUT2D eigenvalue weighted by molar-refractivity contribution is 0.688. The average molecular weight is 366 g/mol. The summed E-state index contributed by atoms with van der Waals surface area (Å²) in [5, 5.41) is 12.8. The molecule has 0 saturated heterocycles. The van der Waals surface area contributed by atoms with Crippen LogP contribution in [0, 0.1) is 0 Å². The highest BCUT2D eigenvalue weighted by molar-refractivity contribution is 7.99. The van der Waals surface area contributed by atoms with E-state index in [0.29, 0.717) is 21.8 Å². The van der Waals surface area contributed by atoms with Crippen molar-refractivity contribution in [2.75, 3.05) is 5.75 Å². The molecule has 4 aromatic rings. The SMILES string of the molecule is O=c1[nH]c2ccccc2c(=O)n1CCSc1nnnn1-c1ccccc1. The number of para-hydroxylation sites is 2. The van der Waals surface area contributed by atoms with E-state index in [9.17, 15) is 9.59 Å². The normalized spacial score (nSPS) is 11.1. The molecular formula is C17H14N6O2S. The van der Waals surface area contributed by atoms with Crippen molar-refractivity contribution in [2.24, 2.45) is 0 Å². The Labute approximate surface area is 151 Å². The van der Waals surface area contributed by atoms with Crippen LogP contribution in [0.2, 0.25) is 0 Å². The van der Waals surface area contributed by atoms with Crippen LogP contribution in [0.5, 0.6) is 0 Å². The number of nitrogens with zero attached hydrogens (tertiary/aromatic N) is 5. The Morgan fingerprint density at radius 1 is 1.00 bits per heavy atom. The maximum atomic E-state index is 12.5. The van der Waals surface area contributed by atoms with Gasteiger partial charge in [0.25, 0.3) is 5.56 Å². The van der Waals surface area contributed by atoms with Crippen molar-refractivity contribution in [3.63, 3.8) is 0 Å². The molecule has 0 unspecified atom stereocenters. The molecule has 0 atom stereocenters. The van der Waals surface area contributed by atoms with E-state index in [1.807, 2.05) is 30.3 Å². The Kier molecular flexibility index (Phi) is 4.36. The maximum Gasteiger partial charge on any atom is 0.328 e. The van der Waals surface area contributed by atoms with Crippen molar-refractivity contribution < 1.29 is 0 Å². The minimum absolute atomic E-state index is 0.255. The third kappa shape index (κ3) is 3.04. The first-order chi connectivity index (χ1) is 12.7. The standard InChI is InChI=1S/C17H14N6O2S/c24-15-13-8-4-5-9-14(13)18-16(25)22(15)10-11-26-17-19-20-21-23(17)12-6-2-1-3-7-12/h1-9H,10-11H2,(H,18,25). The first-order valence-corrected chi connectivity index (χ1v) is 8.91. The van der Waals surface area contributed by atoms with Gasteiger partial charge in [0, 0.05) is 12.3 Å². The molecule has 4 rings (SSSR count). The fourth-order valence-electron chi connectivity index (χ4n) is 2.63. The van der Waals surface area contributed by atoms with Crippen molar-refractivity contribution in [3.8, 4) is 5.69 Å². The number of aromatic nitrogens is 6. The molecule has 0 aliphatic rings. The minimum atomic E-state index is -0.419. The van der Waals surface area contributed by atoms with Gasteiger partial charge in [-0.3, -0.25) is 9.36 Å². The summed E-state index contributed by atoms with van der Waals surface area (Å²) in [4.78, 5) is 27.4. The lowest BCUT2D eigenvalue weighted by Gasteiger charge is -2.06. The highest BCUT2D eigenvalue weighted by Crippen LogP contribution is 2.17. The van der Waals surface area contributed by atoms with Gasteiger partial charge in [0.15, 0.2) is 0 Å². The minimum Gasteiger partial charge on any atom is -0.307 e. The van der Waals surface area contributed by atoms with Crippen LogP contribution < -0.4 is 11.2 Å². The Morgan fingerprint density at radius 3 is 2.62 bits per heavy atom. The number of aromatic amines is 1. The zero-order chi connectivity index (χ0) is 17.9. The Morgan fingerprint density at radius 2 is 1.77 bits per heavy atom. The summed E-state index contributed by atoms with van der Waals surface area (Å²) >= 11 is 1.38. The highest BCUT2D eigenvalue weighted by Gasteiger charge is 2.11. The summed E-state index contributed by atoms with van der Waals surface area (Å²) in [5.41, 5.74) is 0.671. The summed E-state index contributed by atoms with van der Waals surface area (Å²) in [6.45, 7) is 0.255. The molecule has 8 nitrogen and oxygen atoms in total. The maximum absolute atomic E-state index is 12.5. The van der Waals surface area contributed by atoms with Crippen LogP contribution in [0.4, 0.5) is 0 Å². The molecule has 0 radical (unpaired) electrons. The zero-order valence-corrected chi connectivity index (χ0v) is 14.4. The number of benzene rings is 2. The van der Waals surface area contributed by atoms with Gasteiger partial charge in [0.2, 0.25) is 5.16 Å². The van der Waals surface area contributed by atoms with Crippen LogP contribution in [-0.2, 0) is 6.54 Å². The van der Waals surface area contributed by atoms with Crippen LogP contribution in [0.15, 0.2) is 69.3 Å². The number of H-pyrrole nitrogens is 1. The Balaban J connectivity index is 1.55. The molecule has 0 aliphatic carbocycles. The monoisotopic (exact) mass is 366 g/mol. The Bertz CT molecular complexity index is 1170. The van der Waals surface area contributed by atoms with Gasteiger partial charge < -0.3 is 4.98 Å². The van der Waals surface area contributed by atoms with Crippen LogP contribution in [-0.4, -0.2) is 35.5 Å². The molecule has 0 saturated carbocycles. The number of rotatable bonds is 5. The van der Waals surface area contributed by atoms with Gasteiger partial charge in [-0.25, -0.2) is 4.79 Å². The fourth-order valence-corrected chi connectivity index (χ4v) is 3.45. The van der Waals surface area contributed by atoms with Crippen LogP contribution in [0.25, 0.3) is 16.6 Å². The first-order valence-electron chi connectivity index (χ1n) is 7.92. The molecule has 2 aromatic carbocycles. The van der Waals surface area contributed by atoms with Crippen molar-refractivity contribution in [1.29, 1.82) is 0 Å². The molecule has 0 fully saturated rings. The molecule has 2 aromatic heterocycles. The van der Waals surface area contributed by atoms with Crippen molar-refractivity contribution in [3.05, 3.63) is 75.4 Å². The van der Waals surface area contributed by atoms with Gasteiger partial charge in [-0.15, -0.1) is 5.10 Å². The molecular weight excluding hydrogens is 352 g/mol. The number of tetrazole rings is 1. The number of hydrogen-bond acceptors (Lipinski definition) is 6. The molecule has 0 amide bonds. The molecule has 0 bridgehead atoms. The van der Waals surface area contributed by atoms with E-state index >= 15 is 0 Å². The summed E-state index contributed by atoms with van der Waals surface area (Å²) in [7, 11) is 0.